The third-order valence-electron chi connectivity index (χ3n) is 5.06. The summed E-state index contributed by atoms with van der Waals surface area (Å²) in [6, 6.07) is 9.60. The molecule has 26 heavy (non-hydrogen) atoms. The number of fused-ring (bicyclic) bond motifs is 1. The molecular formula is C19H20BrN3O3. The number of ether oxygens (including phenoxy) is 1. The number of hydrogen-bond donors (Lipinski definition) is 0. The summed E-state index contributed by atoms with van der Waals surface area (Å²) in [5, 5.41) is 0. The van der Waals surface area contributed by atoms with Gasteiger partial charge in [-0.05, 0) is 43.2 Å². The summed E-state index contributed by atoms with van der Waals surface area (Å²) in [7, 11) is 2.00. The Bertz CT molecular complexity index is 863. The molecule has 2 aliphatic rings. The average Bonchev–Trinajstić information content (AvgIpc) is 3.25. The van der Waals surface area contributed by atoms with Crippen LogP contribution in [0.4, 0.5) is 5.69 Å². The maximum absolute atomic E-state index is 13.0. The fourth-order valence-electron chi connectivity index (χ4n) is 3.77. The van der Waals surface area contributed by atoms with E-state index in [9.17, 15) is 9.59 Å². The Hall–Kier alpha value is -2.28. The second-order valence-electron chi connectivity index (χ2n) is 6.67. The number of hydrogen-bond acceptors (Lipinski definition) is 3. The number of halogens is 1. The number of likely N-dealkylation sites (tertiary alicyclic amines) is 1. The van der Waals surface area contributed by atoms with Gasteiger partial charge in [-0.1, -0.05) is 15.9 Å². The number of anilines is 1. The monoisotopic (exact) mass is 417 g/mol. The van der Waals surface area contributed by atoms with Crippen molar-refractivity contribution in [3.8, 4) is 5.75 Å². The van der Waals surface area contributed by atoms with E-state index in [1.165, 1.54) is 4.90 Å². The second kappa shape index (κ2) is 6.79. The first-order chi connectivity index (χ1) is 12.5. The molecular weight excluding hydrogens is 398 g/mol. The molecule has 4 rings (SSSR count). The first-order valence-corrected chi connectivity index (χ1v) is 9.47. The van der Waals surface area contributed by atoms with Gasteiger partial charge in [-0.2, -0.15) is 0 Å². The van der Waals surface area contributed by atoms with Crippen LogP contribution in [0.1, 0.15) is 24.6 Å². The van der Waals surface area contributed by atoms with Crippen molar-refractivity contribution in [2.24, 2.45) is 7.05 Å². The van der Waals surface area contributed by atoms with E-state index in [2.05, 4.69) is 26.6 Å². The maximum Gasteiger partial charge on any atom is 0.265 e. The lowest BCUT2D eigenvalue weighted by Gasteiger charge is -2.32. The number of aromatic nitrogens is 1. The van der Waals surface area contributed by atoms with Gasteiger partial charge in [0.2, 0.25) is 5.91 Å². The molecule has 2 amide bonds. The quantitative estimate of drug-likeness (QED) is 0.771. The lowest BCUT2D eigenvalue weighted by molar-refractivity contribution is -0.132. The van der Waals surface area contributed by atoms with E-state index in [0.717, 1.165) is 29.6 Å². The first kappa shape index (κ1) is 17.1. The smallest absolute Gasteiger partial charge is 0.265 e. The molecule has 1 atom stereocenters. The normalized spacial score (nSPS) is 19.5. The lowest BCUT2D eigenvalue weighted by Crippen LogP contribution is -2.46. The molecule has 2 aromatic rings. The molecule has 2 aliphatic heterocycles. The van der Waals surface area contributed by atoms with Crippen LogP contribution in [0, 0.1) is 0 Å². The Morgan fingerprint density at radius 1 is 1.35 bits per heavy atom. The zero-order chi connectivity index (χ0) is 18.3. The summed E-state index contributed by atoms with van der Waals surface area (Å²) in [6.45, 7) is 0.718. The van der Waals surface area contributed by atoms with Crippen LogP contribution < -0.4 is 9.64 Å². The van der Waals surface area contributed by atoms with Crippen LogP contribution >= 0.6 is 15.9 Å². The first-order valence-electron chi connectivity index (χ1n) is 8.68. The third-order valence-corrected chi connectivity index (χ3v) is 5.55. The molecule has 3 heterocycles. The van der Waals surface area contributed by atoms with Crippen molar-refractivity contribution in [2.75, 3.05) is 24.6 Å². The summed E-state index contributed by atoms with van der Waals surface area (Å²) in [5.74, 6) is 0.396. The Morgan fingerprint density at radius 3 is 2.96 bits per heavy atom. The Balaban J connectivity index is 1.56. The highest BCUT2D eigenvalue weighted by Gasteiger charge is 2.34. The molecule has 0 saturated carbocycles. The number of aryl methyl sites for hydroxylation is 1. The minimum absolute atomic E-state index is 0.0298. The van der Waals surface area contributed by atoms with Crippen LogP contribution in [-0.2, 0) is 16.6 Å². The molecule has 0 radical (unpaired) electrons. The summed E-state index contributed by atoms with van der Waals surface area (Å²) in [4.78, 5) is 28.8. The van der Waals surface area contributed by atoms with E-state index >= 15 is 0 Å². The highest BCUT2D eigenvalue weighted by molar-refractivity contribution is 9.10. The largest absolute Gasteiger partial charge is 0.482 e. The van der Waals surface area contributed by atoms with Gasteiger partial charge in [0.05, 0.1) is 11.7 Å². The average molecular weight is 418 g/mol. The zero-order valence-corrected chi connectivity index (χ0v) is 16.1. The number of carbonyl (C=O) groups excluding carboxylic acids is 2. The molecule has 0 bridgehead atoms. The number of nitrogens with zero attached hydrogens (tertiary/aromatic N) is 3. The summed E-state index contributed by atoms with van der Waals surface area (Å²) in [5.41, 5.74) is 1.78. The van der Waals surface area contributed by atoms with Crippen molar-refractivity contribution < 1.29 is 14.3 Å². The predicted octanol–water partition coefficient (Wildman–Crippen LogP) is 2.88. The van der Waals surface area contributed by atoms with Crippen molar-refractivity contribution in [3.63, 3.8) is 0 Å². The minimum Gasteiger partial charge on any atom is -0.482 e. The van der Waals surface area contributed by atoms with Crippen LogP contribution in [0.3, 0.4) is 0 Å². The summed E-state index contributed by atoms with van der Waals surface area (Å²) < 4.78 is 8.43. The van der Waals surface area contributed by atoms with Crippen molar-refractivity contribution in [1.82, 2.24) is 9.47 Å². The molecule has 7 heteroatoms. The minimum atomic E-state index is -0.192. The van der Waals surface area contributed by atoms with Gasteiger partial charge in [0.15, 0.2) is 6.61 Å². The fraction of sp³-hybridized carbons (Fsp3) is 0.368. The van der Waals surface area contributed by atoms with Crippen molar-refractivity contribution in [1.29, 1.82) is 0 Å². The maximum atomic E-state index is 13.0. The molecule has 0 N–H and O–H groups in total. The molecule has 1 saturated heterocycles. The van der Waals surface area contributed by atoms with Crippen LogP contribution in [-0.4, -0.2) is 41.0 Å². The van der Waals surface area contributed by atoms with E-state index in [4.69, 9.17) is 4.74 Å². The van der Waals surface area contributed by atoms with Crippen LogP contribution in [0.2, 0.25) is 0 Å². The SMILES string of the molecule is Cn1cccc1C1CCCN1C(=O)CN1C(=O)COc2cc(Br)ccc21. The molecule has 1 aromatic carbocycles. The number of amides is 2. The Kier molecular flexibility index (Phi) is 4.48. The van der Waals surface area contributed by atoms with Crippen molar-refractivity contribution in [2.45, 2.75) is 18.9 Å². The van der Waals surface area contributed by atoms with Gasteiger partial charge in [0, 0.05) is 30.0 Å². The molecule has 0 spiro atoms. The summed E-state index contributed by atoms with van der Waals surface area (Å²) >= 11 is 3.41. The van der Waals surface area contributed by atoms with Gasteiger partial charge in [-0.3, -0.25) is 14.5 Å². The van der Waals surface area contributed by atoms with Crippen molar-refractivity contribution in [3.05, 3.63) is 46.7 Å². The standard InChI is InChI=1S/C19H20BrN3O3/c1-21-8-2-4-14(21)15-5-3-9-22(15)18(24)11-23-16-7-6-13(20)10-17(16)26-12-19(23)25/h2,4,6-8,10,15H,3,5,9,11-12H2,1H3. The highest BCUT2D eigenvalue weighted by Crippen LogP contribution is 2.36. The van der Waals surface area contributed by atoms with Gasteiger partial charge >= 0.3 is 0 Å². The molecule has 6 nitrogen and oxygen atoms in total. The van der Waals surface area contributed by atoms with E-state index in [-0.39, 0.29) is 31.0 Å². The van der Waals surface area contributed by atoms with Crippen molar-refractivity contribution >= 4 is 33.4 Å². The van der Waals surface area contributed by atoms with Crippen LogP contribution in [0.15, 0.2) is 41.0 Å². The Morgan fingerprint density at radius 2 is 2.19 bits per heavy atom. The van der Waals surface area contributed by atoms with E-state index in [0.29, 0.717) is 11.4 Å². The van der Waals surface area contributed by atoms with Gasteiger partial charge < -0.3 is 14.2 Å². The topological polar surface area (TPSA) is 54.8 Å². The highest BCUT2D eigenvalue weighted by atomic mass is 79.9. The molecule has 1 aromatic heterocycles. The van der Waals surface area contributed by atoms with Crippen LogP contribution in [0.5, 0.6) is 5.75 Å². The number of rotatable bonds is 3. The van der Waals surface area contributed by atoms with Crippen LogP contribution in [0.25, 0.3) is 0 Å². The number of carbonyl (C=O) groups is 2. The Labute approximate surface area is 160 Å². The fourth-order valence-corrected chi connectivity index (χ4v) is 4.11. The third kappa shape index (κ3) is 3.00. The molecule has 136 valence electrons. The van der Waals surface area contributed by atoms with Gasteiger partial charge in [0.25, 0.3) is 5.91 Å². The van der Waals surface area contributed by atoms with Gasteiger partial charge in [0.1, 0.15) is 12.3 Å². The second-order valence-corrected chi connectivity index (χ2v) is 7.59. The zero-order valence-electron chi connectivity index (χ0n) is 14.5. The van der Waals surface area contributed by atoms with E-state index in [1.54, 1.807) is 0 Å². The molecule has 1 unspecified atom stereocenters. The van der Waals surface area contributed by atoms with Gasteiger partial charge in [-0.25, -0.2) is 0 Å². The van der Waals surface area contributed by atoms with Gasteiger partial charge in [-0.15, -0.1) is 0 Å². The van der Waals surface area contributed by atoms with E-state index in [1.807, 2.05) is 42.4 Å². The summed E-state index contributed by atoms with van der Waals surface area (Å²) in [6.07, 6.45) is 3.92. The van der Waals surface area contributed by atoms with E-state index < -0.39 is 0 Å². The number of benzene rings is 1. The molecule has 1 fully saturated rings. The predicted molar refractivity (Wildman–Crippen MR) is 101 cm³/mol. The lowest BCUT2D eigenvalue weighted by atomic mass is 10.1. The molecule has 0 aliphatic carbocycles.